The van der Waals surface area contributed by atoms with Gasteiger partial charge in [-0.05, 0) is 41.5 Å². The lowest BCUT2D eigenvalue weighted by Gasteiger charge is -2.26. The number of carbonyl (C=O) groups is 1. The minimum atomic E-state index is -1.15. The van der Waals surface area contributed by atoms with Crippen LogP contribution < -0.4 is 0 Å². The number of fused-ring (bicyclic) bond motifs is 1. The Morgan fingerprint density at radius 2 is 2.14 bits per heavy atom. The molecule has 0 saturated carbocycles. The summed E-state index contributed by atoms with van der Waals surface area (Å²) >= 11 is 1.76. The lowest BCUT2D eigenvalue weighted by Crippen LogP contribution is -2.38. The van der Waals surface area contributed by atoms with Gasteiger partial charge in [-0.25, -0.2) is 0 Å². The fourth-order valence-corrected chi connectivity index (χ4v) is 4.81. The van der Waals surface area contributed by atoms with Crippen molar-refractivity contribution in [1.29, 1.82) is 0 Å². The van der Waals surface area contributed by atoms with Crippen LogP contribution in [0.25, 0.3) is 0 Å². The van der Waals surface area contributed by atoms with E-state index < -0.39 is 10.8 Å². The largest absolute Gasteiger partial charge is 0.337 e. The third-order valence-electron chi connectivity index (χ3n) is 4.02. The van der Waals surface area contributed by atoms with Gasteiger partial charge in [-0.1, -0.05) is 24.3 Å². The summed E-state index contributed by atoms with van der Waals surface area (Å²) in [7, 11) is -1.15. The Labute approximate surface area is 137 Å². The fraction of sp³-hybridized carbons (Fsp3) is 0.353. The Balaban J connectivity index is 1.58. The number of aryl methyl sites for hydroxylation is 1. The highest BCUT2D eigenvalue weighted by Crippen LogP contribution is 2.24. The Morgan fingerprint density at radius 3 is 2.95 bits per heavy atom. The molecule has 1 aromatic carbocycles. The maximum Gasteiger partial charge on any atom is 0.235 e. The summed E-state index contributed by atoms with van der Waals surface area (Å²) in [6.45, 7) is 3.42. The third kappa shape index (κ3) is 3.47. The standard InChI is InChI=1S/C17H19NO2S2/c1-13-4-2-3-5-15(13)11-22(20)12-17(19)18-8-6-16-14(10-18)7-9-21-16/h2-5,7,9H,6,8,10-12H2,1H3/t22-/m0/s1. The van der Waals surface area contributed by atoms with Crippen LogP contribution in [-0.2, 0) is 34.3 Å². The van der Waals surface area contributed by atoms with E-state index in [0.29, 0.717) is 12.3 Å². The fourth-order valence-electron chi connectivity index (χ4n) is 2.69. The number of benzene rings is 1. The van der Waals surface area contributed by atoms with Gasteiger partial charge in [0.2, 0.25) is 5.91 Å². The second kappa shape index (κ2) is 6.75. The van der Waals surface area contributed by atoms with E-state index in [1.807, 2.05) is 36.1 Å². The monoisotopic (exact) mass is 333 g/mol. The van der Waals surface area contributed by atoms with E-state index in [1.54, 1.807) is 11.3 Å². The Hall–Kier alpha value is -1.46. The zero-order valence-electron chi connectivity index (χ0n) is 12.6. The zero-order valence-corrected chi connectivity index (χ0v) is 14.2. The van der Waals surface area contributed by atoms with Crippen molar-refractivity contribution in [3.05, 3.63) is 57.3 Å². The van der Waals surface area contributed by atoms with Gasteiger partial charge in [-0.3, -0.25) is 9.00 Å². The molecular formula is C17H19NO2S2. The van der Waals surface area contributed by atoms with Gasteiger partial charge in [-0.15, -0.1) is 11.3 Å². The van der Waals surface area contributed by atoms with Crippen molar-refractivity contribution in [2.24, 2.45) is 0 Å². The molecule has 3 nitrogen and oxygen atoms in total. The van der Waals surface area contributed by atoms with Crippen LogP contribution >= 0.6 is 11.3 Å². The molecule has 1 aliphatic heterocycles. The lowest BCUT2D eigenvalue weighted by molar-refractivity contribution is -0.129. The van der Waals surface area contributed by atoms with Crippen LogP contribution in [0.5, 0.6) is 0 Å². The number of hydrogen-bond acceptors (Lipinski definition) is 3. The summed E-state index contributed by atoms with van der Waals surface area (Å²) in [4.78, 5) is 15.6. The van der Waals surface area contributed by atoms with Crippen molar-refractivity contribution < 1.29 is 9.00 Å². The summed E-state index contributed by atoms with van der Waals surface area (Å²) in [6.07, 6.45) is 0.920. The van der Waals surface area contributed by atoms with Gasteiger partial charge in [0.15, 0.2) is 0 Å². The molecule has 0 N–H and O–H groups in total. The van der Waals surface area contributed by atoms with Crippen LogP contribution in [0.15, 0.2) is 35.7 Å². The maximum absolute atomic E-state index is 12.4. The number of hydrogen-bond donors (Lipinski definition) is 0. The minimum Gasteiger partial charge on any atom is -0.337 e. The summed E-state index contributed by atoms with van der Waals surface area (Å²) in [5.41, 5.74) is 3.44. The molecule has 0 aliphatic carbocycles. The van der Waals surface area contributed by atoms with Gasteiger partial charge in [0.25, 0.3) is 0 Å². The number of rotatable bonds is 4. The molecule has 0 bridgehead atoms. The molecule has 1 aliphatic rings. The van der Waals surface area contributed by atoms with E-state index >= 15 is 0 Å². The summed E-state index contributed by atoms with van der Waals surface area (Å²) in [5, 5.41) is 2.08. The van der Waals surface area contributed by atoms with Gasteiger partial charge >= 0.3 is 0 Å². The molecule has 0 saturated heterocycles. The van der Waals surface area contributed by atoms with Crippen molar-refractivity contribution in [1.82, 2.24) is 4.90 Å². The average molecular weight is 333 g/mol. The van der Waals surface area contributed by atoms with Crippen LogP contribution in [0.1, 0.15) is 21.6 Å². The van der Waals surface area contributed by atoms with E-state index in [-0.39, 0.29) is 11.7 Å². The normalized spacial score (nSPS) is 15.4. The molecule has 0 spiro atoms. The predicted octanol–water partition coefficient (Wildman–Crippen LogP) is 2.89. The molecule has 0 fully saturated rings. The summed E-state index contributed by atoms with van der Waals surface area (Å²) in [5.74, 6) is 0.577. The number of nitrogens with zero attached hydrogens (tertiary/aromatic N) is 1. The molecule has 1 aromatic heterocycles. The molecule has 22 heavy (non-hydrogen) atoms. The zero-order chi connectivity index (χ0) is 15.5. The molecule has 5 heteroatoms. The van der Waals surface area contributed by atoms with Crippen LogP contribution in [0.2, 0.25) is 0 Å². The van der Waals surface area contributed by atoms with E-state index in [2.05, 4.69) is 11.4 Å². The molecule has 2 aromatic rings. The summed E-state index contributed by atoms with van der Waals surface area (Å²) < 4.78 is 12.3. The van der Waals surface area contributed by atoms with Crippen LogP contribution in [0.4, 0.5) is 0 Å². The van der Waals surface area contributed by atoms with Crippen molar-refractivity contribution in [2.45, 2.75) is 25.6 Å². The molecular weight excluding hydrogens is 314 g/mol. The van der Waals surface area contributed by atoms with Gasteiger partial charge in [0, 0.05) is 34.5 Å². The highest BCUT2D eigenvalue weighted by molar-refractivity contribution is 7.84. The first-order valence-electron chi connectivity index (χ1n) is 7.36. The predicted molar refractivity (Wildman–Crippen MR) is 91.3 cm³/mol. The first kappa shape index (κ1) is 15.4. The summed E-state index contributed by atoms with van der Waals surface area (Å²) in [6, 6.07) is 10.0. The highest BCUT2D eigenvalue weighted by atomic mass is 32.2. The van der Waals surface area contributed by atoms with Crippen molar-refractivity contribution in [3.63, 3.8) is 0 Å². The second-order valence-electron chi connectivity index (χ2n) is 5.59. The van der Waals surface area contributed by atoms with Crippen LogP contribution in [0, 0.1) is 6.92 Å². The number of carbonyl (C=O) groups excluding carboxylic acids is 1. The average Bonchev–Trinajstić information content (AvgIpc) is 2.97. The van der Waals surface area contributed by atoms with Gasteiger partial charge < -0.3 is 4.90 Å². The molecule has 2 heterocycles. The second-order valence-corrected chi connectivity index (χ2v) is 8.05. The van der Waals surface area contributed by atoms with Crippen molar-refractivity contribution in [2.75, 3.05) is 12.3 Å². The van der Waals surface area contributed by atoms with Crippen LogP contribution in [0.3, 0.4) is 0 Å². The lowest BCUT2D eigenvalue weighted by atomic mass is 10.1. The van der Waals surface area contributed by atoms with Gasteiger partial charge in [0.05, 0.1) is 0 Å². The topological polar surface area (TPSA) is 37.4 Å². The van der Waals surface area contributed by atoms with Crippen LogP contribution in [-0.4, -0.2) is 27.3 Å². The molecule has 116 valence electrons. The van der Waals surface area contributed by atoms with E-state index in [9.17, 15) is 9.00 Å². The van der Waals surface area contributed by atoms with E-state index in [1.165, 1.54) is 10.4 Å². The van der Waals surface area contributed by atoms with Gasteiger partial charge in [0.1, 0.15) is 5.75 Å². The van der Waals surface area contributed by atoms with Crippen molar-refractivity contribution in [3.8, 4) is 0 Å². The SMILES string of the molecule is Cc1ccccc1C[S@](=O)CC(=O)N1CCc2sccc2C1. The first-order chi connectivity index (χ1) is 10.6. The Kier molecular flexibility index (Phi) is 4.74. The smallest absolute Gasteiger partial charge is 0.235 e. The highest BCUT2D eigenvalue weighted by Gasteiger charge is 2.22. The Bertz CT molecular complexity index is 708. The van der Waals surface area contributed by atoms with Crippen molar-refractivity contribution >= 4 is 28.0 Å². The molecule has 0 radical (unpaired) electrons. The maximum atomic E-state index is 12.4. The molecule has 3 rings (SSSR count). The quantitative estimate of drug-likeness (QED) is 0.863. The molecule has 1 amide bonds. The third-order valence-corrected chi connectivity index (χ3v) is 6.25. The minimum absolute atomic E-state index is 0.00349. The number of thiophene rings is 1. The molecule has 1 atom stereocenters. The first-order valence-corrected chi connectivity index (χ1v) is 9.73. The Morgan fingerprint density at radius 1 is 1.32 bits per heavy atom. The number of amides is 1. The van der Waals surface area contributed by atoms with E-state index in [0.717, 1.165) is 24.1 Å². The van der Waals surface area contributed by atoms with E-state index in [4.69, 9.17) is 0 Å². The molecule has 0 unspecified atom stereocenters. The van der Waals surface area contributed by atoms with Gasteiger partial charge in [-0.2, -0.15) is 0 Å².